The molecular weight excluding hydrogens is 308 g/mol. The van der Waals surface area contributed by atoms with Crippen LogP contribution >= 0.6 is 11.3 Å². The van der Waals surface area contributed by atoms with Crippen LogP contribution in [0, 0.1) is 0 Å². The Bertz CT molecular complexity index is 638. The number of aromatic nitrogens is 1. The smallest absolute Gasteiger partial charge is 0.301 e. The van der Waals surface area contributed by atoms with Crippen LogP contribution in [0.25, 0.3) is 0 Å². The van der Waals surface area contributed by atoms with E-state index in [0.717, 1.165) is 10.8 Å². The lowest BCUT2D eigenvalue weighted by molar-refractivity contribution is -0.223. The third-order valence-electron chi connectivity index (χ3n) is 3.16. The summed E-state index contributed by atoms with van der Waals surface area (Å²) in [5, 5.41) is 21.1. The third-order valence-corrected chi connectivity index (χ3v) is 3.91. The van der Waals surface area contributed by atoms with Crippen molar-refractivity contribution in [3.8, 4) is 0 Å². The van der Waals surface area contributed by atoms with Crippen molar-refractivity contribution in [1.29, 1.82) is 0 Å². The van der Waals surface area contributed by atoms with E-state index in [1.54, 1.807) is 26.3 Å². The number of hydrogen-bond donors (Lipinski definition) is 1. The van der Waals surface area contributed by atoms with E-state index in [9.17, 15) is 9.90 Å². The van der Waals surface area contributed by atoms with Crippen molar-refractivity contribution in [2.75, 3.05) is 14.2 Å². The summed E-state index contributed by atoms with van der Waals surface area (Å²) in [6.45, 7) is 5.12. The molecule has 8 nitrogen and oxygen atoms in total. The summed E-state index contributed by atoms with van der Waals surface area (Å²) in [7, 11) is 3.04. The van der Waals surface area contributed by atoms with Gasteiger partial charge in [0.1, 0.15) is 5.60 Å². The number of ether oxygens (including phenoxy) is 1. The van der Waals surface area contributed by atoms with Crippen LogP contribution in [0.5, 0.6) is 0 Å². The molecule has 9 heteroatoms. The fourth-order valence-corrected chi connectivity index (χ4v) is 2.49. The van der Waals surface area contributed by atoms with Gasteiger partial charge in [-0.15, -0.1) is 21.6 Å². The standard InChI is InChI=1S/C13H18N4O4S/c1-7(20-5)8-6-22-12(14-8)16-15-9-10(18)13(2,3)21-17(4)11(9)19/h6-7,18H,1-5H3. The minimum atomic E-state index is -1.05. The highest BCUT2D eigenvalue weighted by Gasteiger charge is 2.39. The van der Waals surface area contributed by atoms with E-state index in [1.165, 1.54) is 18.4 Å². The molecule has 1 amide bonds. The van der Waals surface area contributed by atoms with E-state index in [0.29, 0.717) is 5.13 Å². The van der Waals surface area contributed by atoms with Gasteiger partial charge in [0.2, 0.25) is 5.13 Å². The maximum Gasteiger partial charge on any atom is 0.301 e. The molecule has 1 atom stereocenters. The van der Waals surface area contributed by atoms with Crippen molar-refractivity contribution >= 4 is 22.4 Å². The van der Waals surface area contributed by atoms with Crippen molar-refractivity contribution in [2.45, 2.75) is 32.5 Å². The lowest BCUT2D eigenvalue weighted by Gasteiger charge is -2.34. The van der Waals surface area contributed by atoms with Gasteiger partial charge < -0.3 is 9.84 Å². The molecule has 2 heterocycles. The number of methoxy groups -OCH3 is 1. The molecule has 0 radical (unpaired) electrons. The van der Waals surface area contributed by atoms with E-state index in [1.807, 2.05) is 6.92 Å². The highest BCUT2D eigenvalue weighted by atomic mass is 32.1. The second-order valence-electron chi connectivity index (χ2n) is 5.23. The Kier molecular flexibility index (Phi) is 4.59. The number of hydroxylamine groups is 2. The van der Waals surface area contributed by atoms with E-state index in [4.69, 9.17) is 9.57 Å². The lowest BCUT2D eigenvalue weighted by atomic mass is 10.0. The van der Waals surface area contributed by atoms with Gasteiger partial charge in [-0.3, -0.25) is 9.63 Å². The summed E-state index contributed by atoms with van der Waals surface area (Å²) >= 11 is 1.27. The van der Waals surface area contributed by atoms with Gasteiger partial charge in [-0.25, -0.2) is 10.0 Å². The van der Waals surface area contributed by atoms with Crippen LogP contribution in [0.2, 0.25) is 0 Å². The first-order valence-electron chi connectivity index (χ1n) is 6.57. The maximum absolute atomic E-state index is 12.0. The number of carbonyl (C=O) groups excluding carboxylic acids is 1. The quantitative estimate of drug-likeness (QED) is 0.858. The number of aliphatic hydroxyl groups is 1. The summed E-state index contributed by atoms with van der Waals surface area (Å²) in [5.74, 6) is -0.830. The summed E-state index contributed by atoms with van der Waals surface area (Å²) in [5.41, 5.74) is -0.471. The summed E-state index contributed by atoms with van der Waals surface area (Å²) in [6, 6.07) is 0. The predicted octanol–water partition coefficient (Wildman–Crippen LogP) is 2.89. The molecule has 1 aliphatic rings. The van der Waals surface area contributed by atoms with E-state index >= 15 is 0 Å². The topological polar surface area (TPSA) is 96.6 Å². The number of azo groups is 1. The van der Waals surface area contributed by atoms with Gasteiger partial charge in [0, 0.05) is 19.5 Å². The molecule has 0 aromatic carbocycles. The van der Waals surface area contributed by atoms with E-state index < -0.39 is 11.5 Å². The molecular formula is C13H18N4O4S. The predicted molar refractivity (Wildman–Crippen MR) is 79.6 cm³/mol. The Morgan fingerprint density at radius 1 is 1.50 bits per heavy atom. The minimum absolute atomic E-state index is 0.150. The molecule has 0 spiro atoms. The largest absolute Gasteiger partial charge is 0.507 e. The number of nitrogens with zero attached hydrogens (tertiary/aromatic N) is 4. The molecule has 0 bridgehead atoms. The number of likely N-dealkylation sites (N-methyl/N-ethyl adjacent to an activating group) is 1. The van der Waals surface area contributed by atoms with Crippen LogP contribution in [0.4, 0.5) is 5.13 Å². The molecule has 0 fully saturated rings. The number of aliphatic hydroxyl groups excluding tert-OH is 1. The van der Waals surface area contributed by atoms with E-state index in [2.05, 4.69) is 15.2 Å². The van der Waals surface area contributed by atoms with Crippen molar-refractivity contribution < 1.29 is 19.5 Å². The zero-order valence-electron chi connectivity index (χ0n) is 13.0. The van der Waals surface area contributed by atoms with Gasteiger partial charge in [0.15, 0.2) is 11.5 Å². The van der Waals surface area contributed by atoms with Crippen molar-refractivity contribution in [3.05, 3.63) is 22.5 Å². The average molecular weight is 326 g/mol. The molecule has 1 N–H and O–H groups in total. The van der Waals surface area contributed by atoms with Crippen molar-refractivity contribution in [2.24, 2.45) is 10.2 Å². The number of amides is 1. The minimum Gasteiger partial charge on any atom is -0.507 e. The first kappa shape index (κ1) is 16.5. The summed E-state index contributed by atoms with van der Waals surface area (Å²) in [6.07, 6.45) is -0.150. The fourth-order valence-electron chi connectivity index (χ4n) is 1.78. The van der Waals surface area contributed by atoms with Crippen LogP contribution in [0.3, 0.4) is 0 Å². The molecule has 0 aliphatic carbocycles. The number of carbonyl (C=O) groups is 1. The third kappa shape index (κ3) is 3.16. The molecule has 2 rings (SSSR count). The zero-order valence-corrected chi connectivity index (χ0v) is 13.8. The highest BCUT2D eigenvalue weighted by molar-refractivity contribution is 7.13. The number of hydrogen-bond acceptors (Lipinski definition) is 8. The van der Waals surface area contributed by atoms with Gasteiger partial charge in [-0.2, -0.15) is 0 Å². The van der Waals surface area contributed by atoms with Gasteiger partial charge in [-0.05, 0) is 20.8 Å². The van der Waals surface area contributed by atoms with Gasteiger partial charge >= 0.3 is 5.91 Å². The molecule has 1 unspecified atom stereocenters. The molecule has 1 aromatic rings. The second-order valence-corrected chi connectivity index (χ2v) is 6.07. The zero-order chi connectivity index (χ0) is 16.5. The van der Waals surface area contributed by atoms with Crippen molar-refractivity contribution in [1.82, 2.24) is 10.0 Å². The van der Waals surface area contributed by atoms with Crippen LogP contribution in [0.15, 0.2) is 27.1 Å². The average Bonchev–Trinajstić information content (AvgIpc) is 2.93. The summed E-state index contributed by atoms with van der Waals surface area (Å²) in [4.78, 5) is 21.5. The lowest BCUT2D eigenvalue weighted by Crippen LogP contribution is -2.45. The van der Waals surface area contributed by atoms with Crippen molar-refractivity contribution in [3.63, 3.8) is 0 Å². The van der Waals surface area contributed by atoms with E-state index in [-0.39, 0.29) is 17.6 Å². The van der Waals surface area contributed by atoms with Crippen LogP contribution in [0.1, 0.15) is 32.6 Å². The fraction of sp³-hybridized carbons (Fsp3) is 0.538. The molecule has 0 saturated carbocycles. The Morgan fingerprint density at radius 2 is 2.18 bits per heavy atom. The number of rotatable bonds is 4. The first-order valence-corrected chi connectivity index (χ1v) is 7.45. The van der Waals surface area contributed by atoms with Crippen LogP contribution < -0.4 is 0 Å². The van der Waals surface area contributed by atoms with Gasteiger partial charge in [0.25, 0.3) is 0 Å². The van der Waals surface area contributed by atoms with Gasteiger partial charge in [0.05, 0.1) is 11.8 Å². The molecule has 1 aromatic heterocycles. The monoisotopic (exact) mass is 326 g/mol. The normalized spacial score (nSPS) is 20.0. The Morgan fingerprint density at radius 3 is 2.82 bits per heavy atom. The molecule has 22 heavy (non-hydrogen) atoms. The Balaban J connectivity index is 2.28. The highest BCUT2D eigenvalue weighted by Crippen LogP contribution is 2.31. The van der Waals surface area contributed by atoms with Crippen LogP contribution in [-0.2, 0) is 14.4 Å². The Labute approximate surface area is 132 Å². The second kappa shape index (κ2) is 6.11. The SMILES string of the molecule is COC(C)c1csc(N=NC2=C(O)C(C)(C)ON(C)C2=O)n1. The Hall–Kier alpha value is -1.84. The molecule has 0 saturated heterocycles. The van der Waals surface area contributed by atoms with Crippen LogP contribution in [-0.4, -0.2) is 40.8 Å². The molecule has 1 aliphatic heterocycles. The molecule has 120 valence electrons. The summed E-state index contributed by atoms with van der Waals surface area (Å²) < 4.78 is 5.16. The van der Waals surface area contributed by atoms with Gasteiger partial charge in [-0.1, -0.05) is 0 Å². The maximum atomic E-state index is 12.0. The number of thiazole rings is 1. The first-order chi connectivity index (χ1) is 10.3.